The summed E-state index contributed by atoms with van der Waals surface area (Å²) in [6, 6.07) is 5.65. The van der Waals surface area contributed by atoms with Crippen molar-refractivity contribution in [2.24, 2.45) is 5.16 Å². The van der Waals surface area contributed by atoms with Crippen LogP contribution in [0.1, 0.15) is 31.4 Å². The van der Waals surface area contributed by atoms with E-state index < -0.39 is 29.2 Å². The number of carboxylic acids is 1. The molecule has 1 aromatic carbocycles. The largest absolute Gasteiger partial charge is 0.477 e. The Balaban J connectivity index is 1.17. The fourth-order valence-electron chi connectivity index (χ4n) is 5.05. The summed E-state index contributed by atoms with van der Waals surface area (Å²) in [7, 11) is 0. The summed E-state index contributed by atoms with van der Waals surface area (Å²) in [4.78, 5) is 62.3. The molecule has 228 valence electrons. The van der Waals surface area contributed by atoms with Crippen LogP contribution < -0.4 is 16.5 Å². The van der Waals surface area contributed by atoms with Gasteiger partial charge in [-0.15, -0.1) is 34.4 Å². The Bertz CT molecular complexity index is 1810. The number of thiazole rings is 1. The molecule has 1 saturated carbocycles. The smallest absolute Gasteiger partial charge is 0.352 e. The highest BCUT2D eigenvalue weighted by molar-refractivity contribution is 8.04. The van der Waals surface area contributed by atoms with Gasteiger partial charge in [-0.1, -0.05) is 28.5 Å². The van der Waals surface area contributed by atoms with Crippen molar-refractivity contribution in [3.8, 4) is 0 Å². The second-order valence-corrected chi connectivity index (χ2v) is 14.8. The molecule has 1 unspecified atom stereocenters. The fraction of sp³-hybridized carbons (Fsp3) is 0.286. The summed E-state index contributed by atoms with van der Waals surface area (Å²) in [6.07, 6.45) is 5.25. The van der Waals surface area contributed by atoms with Gasteiger partial charge in [0.1, 0.15) is 28.9 Å². The lowest BCUT2D eigenvalue weighted by Crippen LogP contribution is -2.71. The molecule has 16 heteroatoms. The lowest BCUT2D eigenvalue weighted by atomic mass is 10.0. The normalized spacial score (nSPS) is 20.7. The molecule has 44 heavy (non-hydrogen) atoms. The minimum absolute atomic E-state index is 0.0928. The highest BCUT2D eigenvalue weighted by atomic mass is 35.5. The number of halogens is 1. The summed E-state index contributed by atoms with van der Waals surface area (Å²) < 4.78 is 1.46. The van der Waals surface area contributed by atoms with Gasteiger partial charge in [-0.25, -0.2) is 9.78 Å². The van der Waals surface area contributed by atoms with Crippen LogP contribution in [-0.4, -0.2) is 61.8 Å². The van der Waals surface area contributed by atoms with E-state index in [1.165, 1.54) is 45.8 Å². The van der Waals surface area contributed by atoms with Crippen molar-refractivity contribution >= 4 is 96.5 Å². The van der Waals surface area contributed by atoms with Crippen LogP contribution >= 0.6 is 57.8 Å². The van der Waals surface area contributed by atoms with Gasteiger partial charge in [-0.2, -0.15) is 0 Å². The topological polar surface area (TPSA) is 164 Å². The van der Waals surface area contributed by atoms with Crippen LogP contribution in [0.5, 0.6) is 0 Å². The van der Waals surface area contributed by atoms with Crippen LogP contribution in [0.15, 0.2) is 66.6 Å². The number of β-lactam (4-membered cyclic amide) rings is 1. The average molecular weight is 690 g/mol. The first-order chi connectivity index (χ1) is 21.2. The Hall–Kier alpha value is -3.37. The first-order valence-corrected chi connectivity index (χ1v) is 17.4. The molecule has 11 nitrogen and oxygen atoms in total. The molecule has 1 saturated heterocycles. The predicted molar refractivity (Wildman–Crippen MR) is 174 cm³/mol. The molecule has 4 N–H and O–H groups in total. The zero-order valence-electron chi connectivity index (χ0n) is 22.7. The number of thioether (sulfide) groups is 2. The maximum Gasteiger partial charge on any atom is 0.352 e. The Morgan fingerprint density at radius 3 is 2.77 bits per heavy atom. The molecule has 4 heterocycles. The van der Waals surface area contributed by atoms with Gasteiger partial charge >= 0.3 is 5.97 Å². The van der Waals surface area contributed by atoms with Crippen molar-refractivity contribution in [1.82, 2.24) is 15.2 Å². The number of hydrogen-bond acceptors (Lipinski definition) is 12. The van der Waals surface area contributed by atoms with Crippen molar-refractivity contribution in [2.45, 2.75) is 47.4 Å². The standard InChI is InChI=1S/C28H24ClN5O6S4/c29-14-5-6-16-18(35)10-20(44-19(16)9-14)41-8-7-13-11-42-26-22(25(37)34(26)23(13)27(38)39)32-24(36)21(17-12-43-28(30)31-17)33-40-15-3-1-2-4-15/h5-10,12,15,22,26H,1-4,11H2,(H2,30,31)(H,32,36)(H,38,39)/t22?,26-/m1/s1. The number of carboxylic acid groups (broad SMARTS) is 1. The van der Waals surface area contributed by atoms with Crippen molar-refractivity contribution < 1.29 is 24.3 Å². The molecular weight excluding hydrogens is 666 g/mol. The average Bonchev–Trinajstić information content (AvgIpc) is 3.67. The third kappa shape index (κ3) is 6.24. The molecule has 2 aromatic heterocycles. The lowest BCUT2D eigenvalue weighted by molar-refractivity contribution is -0.150. The van der Waals surface area contributed by atoms with Crippen LogP contribution in [0.4, 0.5) is 5.13 Å². The van der Waals surface area contributed by atoms with Crippen LogP contribution in [0.2, 0.25) is 5.02 Å². The first-order valence-electron chi connectivity index (χ1n) is 13.4. The van der Waals surface area contributed by atoms with Crippen molar-refractivity contribution in [3.05, 3.63) is 73.3 Å². The molecule has 1 aliphatic carbocycles. The highest BCUT2D eigenvalue weighted by Gasteiger charge is 2.54. The highest BCUT2D eigenvalue weighted by Crippen LogP contribution is 2.41. The minimum Gasteiger partial charge on any atom is -0.477 e. The Kier molecular flexibility index (Phi) is 9.01. The maximum absolute atomic E-state index is 13.3. The number of nitrogens with one attached hydrogen (secondary N) is 1. The van der Waals surface area contributed by atoms with E-state index in [1.54, 1.807) is 35.1 Å². The number of carbonyl (C=O) groups excluding carboxylic acids is 2. The van der Waals surface area contributed by atoms with Crippen LogP contribution in [0.25, 0.3) is 10.1 Å². The zero-order valence-corrected chi connectivity index (χ0v) is 26.7. The van der Waals surface area contributed by atoms with Crippen LogP contribution in [-0.2, 0) is 19.2 Å². The Morgan fingerprint density at radius 2 is 2.05 bits per heavy atom. The van der Waals surface area contributed by atoms with Crippen molar-refractivity contribution in [3.63, 3.8) is 0 Å². The molecule has 0 spiro atoms. The molecule has 0 bridgehead atoms. The lowest BCUT2D eigenvalue weighted by Gasteiger charge is -2.49. The van der Waals surface area contributed by atoms with E-state index in [1.807, 2.05) is 0 Å². The van der Waals surface area contributed by atoms with Crippen LogP contribution in [0.3, 0.4) is 0 Å². The molecule has 3 aromatic rings. The van der Waals surface area contributed by atoms with E-state index in [4.69, 9.17) is 22.2 Å². The third-order valence-electron chi connectivity index (χ3n) is 7.18. The van der Waals surface area contributed by atoms with Gasteiger partial charge in [0.25, 0.3) is 11.8 Å². The number of aliphatic carboxylic acids is 1. The Morgan fingerprint density at radius 1 is 1.25 bits per heavy atom. The van der Waals surface area contributed by atoms with E-state index in [0.29, 0.717) is 20.2 Å². The zero-order chi connectivity index (χ0) is 31.0. The number of aromatic nitrogens is 1. The maximum atomic E-state index is 13.3. The van der Waals surface area contributed by atoms with E-state index in [2.05, 4.69) is 15.5 Å². The number of hydrogen-bond donors (Lipinski definition) is 3. The minimum atomic E-state index is -1.26. The summed E-state index contributed by atoms with van der Waals surface area (Å²) in [5.74, 6) is -2.18. The van der Waals surface area contributed by atoms with Gasteiger partial charge in [0, 0.05) is 32.3 Å². The second kappa shape index (κ2) is 12.9. The second-order valence-electron chi connectivity index (χ2n) is 10.1. The number of carbonyl (C=O) groups is 3. The summed E-state index contributed by atoms with van der Waals surface area (Å²) >= 11 is 11.2. The molecule has 2 fully saturated rings. The Labute approximate surface area is 272 Å². The van der Waals surface area contributed by atoms with Gasteiger partial charge in [0.2, 0.25) is 0 Å². The van der Waals surface area contributed by atoms with Gasteiger partial charge in [-0.05, 0) is 60.9 Å². The first kappa shape index (κ1) is 30.6. The van der Waals surface area contributed by atoms with Gasteiger partial charge in [0.05, 0.1) is 4.21 Å². The number of anilines is 1. The van der Waals surface area contributed by atoms with E-state index in [-0.39, 0.29) is 39.5 Å². The quantitative estimate of drug-likeness (QED) is 0.125. The molecule has 2 amide bonds. The molecule has 3 aliphatic rings. The van der Waals surface area contributed by atoms with E-state index >= 15 is 0 Å². The summed E-state index contributed by atoms with van der Waals surface area (Å²) in [5, 5.41) is 20.8. The number of nitrogens with zero attached hydrogens (tertiary/aromatic N) is 3. The number of oxime groups is 1. The van der Waals surface area contributed by atoms with E-state index in [9.17, 15) is 24.3 Å². The molecule has 2 aliphatic heterocycles. The number of nitrogens with two attached hydrogens (primary N) is 1. The number of allylic oxidation sites excluding steroid dienone is 1. The van der Waals surface area contributed by atoms with Gasteiger partial charge < -0.3 is 21.0 Å². The van der Waals surface area contributed by atoms with E-state index in [0.717, 1.165) is 41.7 Å². The molecule has 6 rings (SSSR count). The molecule has 0 radical (unpaired) electrons. The number of rotatable bonds is 9. The number of nitrogen functional groups attached to an aromatic ring is 1. The summed E-state index contributed by atoms with van der Waals surface area (Å²) in [6.45, 7) is 0. The number of amides is 2. The SMILES string of the molecule is Nc1nc(C(=NOC2CCCC2)C(=O)NC2C(=O)N3C(C(=O)O)=C(C=CSc4cc(=O)c5ccc(Cl)cc5s4)CS[C@H]23)cs1. The molecule has 2 atom stereocenters. The van der Waals surface area contributed by atoms with Gasteiger partial charge in [0.15, 0.2) is 16.3 Å². The van der Waals surface area contributed by atoms with Crippen molar-refractivity contribution in [1.29, 1.82) is 0 Å². The fourth-order valence-corrected chi connectivity index (χ4v) is 9.17. The third-order valence-corrected chi connectivity index (χ3v) is 11.4. The summed E-state index contributed by atoms with van der Waals surface area (Å²) in [5.41, 5.74) is 6.07. The van der Waals surface area contributed by atoms with Crippen LogP contribution in [0, 0.1) is 0 Å². The van der Waals surface area contributed by atoms with Crippen molar-refractivity contribution in [2.75, 3.05) is 11.5 Å². The molecular formula is C28H24ClN5O6S4. The monoisotopic (exact) mass is 689 g/mol. The number of fused-ring (bicyclic) bond motifs is 2. The number of benzene rings is 1. The predicted octanol–water partition coefficient (Wildman–Crippen LogP) is 4.66. The van der Waals surface area contributed by atoms with Gasteiger partial charge in [-0.3, -0.25) is 19.3 Å².